The molecule has 0 aliphatic heterocycles. The number of allylic oxidation sites excluding steroid dienone is 12. The first-order chi connectivity index (χ1) is 58.6. The maximum atomic E-state index is 4.94. The third kappa shape index (κ3) is 22.4. The number of benzene rings is 13. The van der Waals surface area contributed by atoms with Crippen LogP contribution in [0.3, 0.4) is 0 Å². The van der Waals surface area contributed by atoms with Gasteiger partial charge in [-0.25, -0.2) is 30.0 Å². The van der Waals surface area contributed by atoms with Gasteiger partial charge in [0, 0.05) is 29.3 Å². The lowest BCUT2D eigenvalue weighted by Crippen LogP contribution is -2.10. The van der Waals surface area contributed by atoms with Gasteiger partial charge in [0.15, 0.2) is 0 Å². The van der Waals surface area contributed by atoms with Gasteiger partial charge in [0.2, 0.25) is 0 Å². The van der Waals surface area contributed by atoms with Gasteiger partial charge in [-0.05, 0) is 295 Å². The zero-order valence-corrected chi connectivity index (χ0v) is 71.7. The molecule has 121 heavy (non-hydrogen) atoms. The van der Waals surface area contributed by atoms with Crippen LogP contribution in [0.25, 0.3) is 33.4 Å². The van der Waals surface area contributed by atoms with E-state index in [0.29, 0.717) is 0 Å². The minimum absolute atomic E-state index is 0.937. The third-order valence-electron chi connectivity index (χ3n) is 21.2. The van der Waals surface area contributed by atoms with Crippen LogP contribution in [-0.2, 0) is 0 Å². The quantitative estimate of drug-likeness (QED) is 0.122. The van der Waals surface area contributed by atoms with Gasteiger partial charge in [0.25, 0.3) is 0 Å². The molecule has 7 nitrogen and oxygen atoms in total. The SMILES string of the molecule is C=C(c1ccc(C)cc1)c1ccc(C(=C)c2ccc(C)cc2)cc1.CC1=CC(=Nc2ccccc2)C(C)=CC1=Nc1ccccc1.CC1=CC=C(C)C1=Nc1ccccc1.CN=C1c2cc(C)ccc2-c2ccc(C)cc21.Cc1ccc(N=C2C=CC(=Nc3ccc(C)cc3)C=C2)cc1.Cc1ccc2c(c1)C(=Nc1ccccc1)c1cc(C)ccc1-2. The fraction of sp³-hybridized carbons (Fsp3) is 0.114. The molecule has 0 atom stereocenters. The largest absolute Gasteiger partial charge is 0.287 e. The zero-order valence-electron chi connectivity index (χ0n) is 71.7. The van der Waals surface area contributed by atoms with E-state index in [2.05, 4.69) is 323 Å². The smallest absolute Gasteiger partial charge is 0.0794 e. The van der Waals surface area contributed by atoms with Crippen molar-refractivity contribution in [1.82, 2.24) is 0 Å². The number of rotatable bonds is 10. The Bertz CT molecular complexity index is 6010. The van der Waals surface area contributed by atoms with Crippen LogP contribution < -0.4 is 0 Å². The van der Waals surface area contributed by atoms with E-state index >= 15 is 0 Å². The van der Waals surface area contributed by atoms with Gasteiger partial charge in [-0.3, -0.25) is 4.99 Å². The summed E-state index contributed by atoms with van der Waals surface area (Å²) in [6.07, 6.45) is 16.4. The van der Waals surface area contributed by atoms with E-state index in [1.807, 2.05) is 165 Å². The second-order valence-electron chi connectivity index (χ2n) is 31.1. The molecule has 594 valence electrons. The summed E-state index contributed by atoms with van der Waals surface area (Å²) >= 11 is 0. The van der Waals surface area contributed by atoms with Crippen molar-refractivity contribution in [1.29, 1.82) is 0 Å². The Labute approximate surface area is 716 Å². The van der Waals surface area contributed by atoms with E-state index < -0.39 is 0 Å². The number of nitrogens with zero attached hydrogens (tertiary/aromatic N) is 7. The normalized spacial score (nSPS) is 13.5. The van der Waals surface area contributed by atoms with E-state index in [1.54, 1.807) is 0 Å². The van der Waals surface area contributed by atoms with Crippen molar-refractivity contribution in [2.45, 2.75) is 83.1 Å². The van der Waals surface area contributed by atoms with Crippen molar-refractivity contribution >= 4 is 85.3 Å². The average Bonchev–Trinajstić information content (AvgIpc) is 1.61. The van der Waals surface area contributed by atoms with Crippen LogP contribution in [0.5, 0.6) is 0 Å². The molecule has 0 saturated carbocycles. The second-order valence-corrected chi connectivity index (χ2v) is 31.1. The van der Waals surface area contributed by atoms with Gasteiger partial charge in [0.1, 0.15) is 0 Å². The summed E-state index contributed by atoms with van der Waals surface area (Å²) in [6, 6.07) is 109. The standard InChI is InChI=1S/C24H22.C21H17N.2C20H18N2.C16H15N.C13H13N/c1-17-5-9-21(10-6-17)19(3)23-13-15-24(16-14-23)20(4)22-11-7-18(2)8-12-22;1-14-8-10-17-18-11-9-15(2)13-20(18)21(19(17)12-14)22-16-6-4-3-5-7-16;1-15-3-7-17(8-4-15)21-19-11-13-20(14-12-19)22-18-9-5-16(2)6-10-18;1-15-13-20(22-18-11-7-4-8-12-18)16(2)14-19(15)21-17-9-5-3-6-10-17;1-10-4-6-12-13-7-5-11(2)9-15(13)16(17-3)14(12)8-10;1-10-8-9-11(2)13(10)14-12-6-4-3-5-7-12/h5-16H,3-4H2,1-2H3;3-13H,1-2H3;2*3-14H,1-2H3;4-9H,1-3H3;3-9H,1-2H3. The third-order valence-corrected chi connectivity index (χ3v) is 21.2. The van der Waals surface area contributed by atoms with Crippen molar-refractivity contribution in [2.24, 2.45) is 34.9 Å². The summed E-state index contributed by atoms with van der Waals surface area (Å²) in [5.74, 6) is 0. The Morgan fingerprint density at radius 1 is 0.215 bits per heavy atom. The fourth-order valence-corrected chi connectivity index (χ4v) is 14.3. The molecule has 7 heteroatoms. The van der Waals surface area contributed by atoms with Crippen molar-refractivity contribution in [3.63, 3.8) is 0 Å². The molecule has 0 amide bonds. The van der Waals surface area contributed by atoms with Crippen LogP contribution in [0, 0.1) is 55.4 Å². The van der Waals surface area contributed by atoms with Crippen LogP contribution in [0.4, 0.5) is 34.1 Å². The molecule has 5 aliphatic rings. The highest BCUT2D eigenvalue weighted by Crippen LogP contribution is 2.41. The summed E-state index contributed by atoms with van der Waals surface area (Å²) in [5.41, 5.74) is 44.8. The first kappa shape index (κ1) is 84.4. The second kappa shape index (κ2) is 40.1. The number of aryl methyl sites for hydroxylation is 8. The van der Waals surface area contributed by atoms with Gasteiger partial charge < -0.3 is 0 Å². The van der Waals surface area contributed by atoms with Crippen molar-refractivity contribution in [3.05, 3.63) is 489 Å². The minimum Gasteiger partial charge on any atom is -0.287 e. The summed E-state index contributed by atoms with van der Waals surface area (Å²) in [6.45, 7) is 33.7. The van der Waals surface area contributed by atoms with Crippen LogP contribution in [0.2, 0.25) is 0 Å². The highest BCUT2D eigenvalue weighted by molar-refractivity contribution is 6.27. The van der Waals surface area contributed by atoms with Gasteiger partial charge in [-0.1, -0.05) is 288 Å². The number of aliphatic imine (C=N–C) groups is 7. The topological polar surface area (TPSA) is 86.5 Å². The van der Waals surface area contributed by atoms with Crippen LogP contribution in [0.1, 0.15) is 117 Å². The molecular formula is C114H103N7. The molecule has 0 fully saturated rings. The minimum atomic E-state index is 0.937. The highest BCUT2D eigenvalue weighted by Gasteiger charge is 2.27. The first-order valence-corrected chi connectivity index (χ1v) is 41.1. The lowest BCUT2D eigenvalue weighted by Gasteiger charge is -2.13. The first-order valence-electron chi connectivity index (χ1n) is 41.1. The monoisotopic (exact) mass is 1570 g/mol. The van der Waals surface area contributed by atoms with E-state index in [-0.39, 0.29) is 0 Å². The molecule has 5 aliphatic carbocycles. The molecule has 0 aromatic heterocycles. The van der Waals surface area contributed by atoms with Crippen molar-refractivity contribution in [2.75, 3.05) is 7.05 Å². The van der Waals surface area contributed by atoms with Gasteiger partial charge in [-0.2, -0.15) is 0 Å². The number of para-hydroxylation sites is 4. The summed E-state index contributed by atoms with van der Waals surface area (Å²) in [7, 11) is 1.87. The predicted octanol–water partition coefficient (Wildman–Crippen LogP) is 30.0. The van der Waals surface area contributed by atoms with Gasteiger partial charge >= 0.3 is 0 Å². The van der Waals surface area contributed by atoms with Gasteiger partial charge in [0.05, 0.1) is 74.1 Å². The highest BCUT2D eigenvalue weighted by atomic mass is 14.8. The average molecular weight is 1570 g/mol. The number of fused-ring (bicyclic) bond motifs is 6. The molecule has 0 N–H and O–H groups in total. The summed E-state index contributed by atoms with van der Waals surface area (Å²) < 4.78 is 0. The Morgan fingerprint density at radius 3 is 0.744 bits per heavy atom. The predicted molar refractivity (Wildman–Crippen MR) is 522 cm³/mol. The lowest BCUT2D eigenvalue weighted by atomic mass is 9.94. The molecule has 0 bridgehead atoms. The molecule has 13 aromatic carbocycles. The molecule has 0 heterocycles. The lowest BCUT2D eigenvalue weighted by molar-refractivity contribution is 1.41. The van der Waals surface area contributed by atoms with Crippen molar-refractivity contribution in [3.8, 4) is 22.3 Å². The van der Waals surface area contributed by atoms with Crippen LogP contribution in [-0.4, -0.2) is 47.0 Å². The van der Waals surface area contributed by atoms with Crippen LogP contribution >= 0.6 is 0 Å². The molecule has 0 radical (unpaired) electrons. The Balaban J connectivity index is 0.000000126. The summed E-state index contributed by atoms with van der Waals surface area (Å²) in [4.78, 5) is 32.6. The molecule has 0 saturated heterocycles. The molecule has 18 rings (SSSR count). The van der Waals surface area contributed by atoms with Crippen LogP contribution in [0.15, 0.2) is 434 Å². The Morgan fingerprint density at radius 2 is 0.455 bits per heavy atom. The molecule has 0 spiro atoms. The fourth-order valence-electron chi connectivity index (χ4n) is 14.3. The van der Waals surface area contributed by atoms with E-state index in [0.717, 1.165) is 119 Å². The number of hydrogen-bond donors (Lipinski definition) is 0. The molecule has 0 unspecified atom stereocenters. The van der Waals surface area contributed by atoms with E-state index in [4.69, 9.17) is 15.0 Å². The zero-order chi connectivity index (χ0) is 84.9. The van der Waals surface area contributed by atoms with E-state index in [9.17, 15) is 0 Å². The Kier molecular flexibility index (Phi) is 28.0. The number of hydrogen-bond acceptors (Lipinski definition) is 7. The van der Waals surface area contributed by atoms with Gasteiger partial charge in [-0.15, -0.1) is 0 Å². The molecular weight excluding hydrogens is 1470 g/mol. The van der Waals surface area contributed by atoms with Crippen molar-refractivity contribution < 1.29 is 0 Å². The van der Waals surface area contributed by atoms with E-state index in [1.165, 1.54) is 100 Å². The summed E-state index contributed by atoms with van der Waals surface area (Å²) in [5, 5.41) is 0. The Hall–Kier alpha value is -14.5. The maximum Gasteiger partial charge on any atom is 0.0794 e. The molecule has 13 aromatic rings. The maximum absolute atomic E-state index is 4.94.